The number of amides is 1. The molecule has 2 aromatic carbocycles. The topological polar surface area (TPSA) is 83.8 Å². The SMILES string of the molecule is COc1ccc(OCc2nc(-c3cc(C(=O)NCCC4=CCCCC4)c(C)n3CCc3ccc(OC)c(OC)c3)cs2)cc1. The minimum absolute atomic E-state index is 0.0525. The Hall–Kier alpha value is -4.24. The maximum absolute atomic E-state index is 13.4. The number of aromatic nitrogens is 2. The number of benzene rings is 2. The molecule has 232 valence electrons. The van der Waals surface area contributed by atoms with Gasteiger partial charge in [0.25, 0.3) is 5.91 Å². The predicted molar refractivity (Wildman–Crippen MR) is 174 cm³/mol. The molecule has 2 aromatic heterocycles. The number of hydrogen-bond donors (Lipinski definition) is 1. The number of allylic oxidation sites excluding steroid dienone is 1. The fourth-order valence-corrected chi connectivity index (χ4v) is 6.23. The van der Waals surface area contributed by atoms with Gasteiger partial charge in [-0.05, 0) is 93.5 Å². The molecule has 0 spiro atoms. The molecule has 1 N–H and O–H groups in total. The van der Waals surface area contributed by atoms with E-state index < -0.39 is 0 Å². The third kappa shape index (κ3) is 7.63. The zero-order chi connectivity index (χ0) is 30.9. The van der Waals surface area contributed by atoms with E-state index in [4.69, 9.17) is 23.9 Å². The van der Waals surface area contributed by atoms with Gasteiger partial charge in [-0.3, -0.25) is 4.79 Å². The van der Waals surface area contributed by atoms with Crippen molar-refractivity contribution in [1.82, 2.24) is 14.9 Å². The van der Waals surface area contributed by atoms with E-state index in [2.05, 4.69) is 16.0 Å². The van der Waals surface area contributed by atoms with Gasteiger partial charge in [-0.1, -0.05) is 17.7 Å². The summed E-state index contributed by atoms with van der Waals surface area (Å²) >= 11 is 1.55. The number of aryl methyl sites for hydroxylation is 1. The molecule has 0 atom stereocenters. The van der Waals surface area contributed by atoms with Gasteiger partial charge in [0.2, 0.25) is 0 Å². The number of methoxy groups -OCH3 is 3. The molecule has 1 aliphatic carbocycles. The summed E-state index contributed by atoms with van der Waals surface area (Å²) in [4.78, 5) is 18.3. The Kier molecular flexibility index (Phi) is 10.6. The lowest BCUT2D eigenvalue weighted by Crippen LogP contribution is -2.25. The molecule has 1 amide bonds. The number of carbonyl (C=O) groups excluding carboxylic acids is 1. The van der Waals surface area contributed by atoms with Crippen LogP contribution in [0.5, 0.6) is 23.0 Å². The van der Waals surface area contributed by atoms with Crippen LogP contribution in [0.4, 0.5) is 0 Å². The number of thiazole rings is 1. The van der Waals surface area contributed by atoms with Crippen LogP contribution >= 0.6 is 11.3 Å². The highest BCUT2D eigenvalue weighted by Crippen LogP contribution is 2.31. The molecule has 0 saturated carbocycles. The predicted octanol–water partition coefficient (Wildman–Crippen LogP) is 7.39. The van der Waals surface area contributed by atoms with E-state index >= 15 is 0 Å². The zero-order valence-electron chi connectivity index (χ0n) is 26.0. The van der Waals surface area contributed by atoms with E-state index in [1.807, 2.05) is 60.8 Å². The molecule has 0 fully saturated rings. The summed E-state index contributed by atoms with van der Waals surface area (Å²) in [7, 11) is 4.92. The van der Waals surface area contributed by atoms with Crippen molar-refractivity contribution in [3.63, 3.8) is 0 Å². The fraction of sp³-hybridized carbons (Fsp3) is 0.371. The fourth-order valence-electron chi connectivity index (χ4n) is 5.53. The minimum atomic E-state index is -0.0525. The molecule has 1 aliphatic rings. The molecule has 4 aromatic rings. The highest BCUT2D eigenvalue weighted by molar-refractivity contribution is 7.09. The maximum atomic E-state index is 13.4. The first-order valence-corrected chi connectivity index (χ1v) is 16.0. The van der Waals surface area contributed by atoms with Crippen molar-refractivity contribution in [2.75, 3.05) is 27.9 Å². The monoisotopic (exact) mass is 615 g/mol. The molecule has 5 rings (SSSR count). The van der Waals surface area contributed by atoms with Crippen LogP contribution in [-0.2, 0) is 19.6 Å². The lowest BCUT2D eigenvalue weighted by atomic mass is 9.97. The molecule has 2 heterocycles. The standard InChI is InChI=1S/C35H41N3O5S/c1-24-29(35(39)36-18-16-25-8-6-5-7-9-25)21-31(38(24)19-17-26-10-15-32(41-3)33(20-26)42-4)30-23-44-34(37-30)22-43-28-13-11-27(40-2)12-14-28/h8,10-15,20-21,23H,5-7,9,16-19,22H2,1-4H3,(H,36,39). The molecule has 9 heteroatoms. The summed E-state index contributed by atoms with van der Waals surface area (Å²) in [6, 6.07) is 15.4. The molecule has 44 heavy (non-hydrogen) atoms. The van der Waals surface area contributed by atoms with Crippen LogP contribution in [0.25, 0.3) is 11.4 Å². The minimum Gasteiger partial charge on any atom is -0.497 e. The number of rotatable bonds is 14. The Balaban J connectivity index is 1.35. The average Bonchev–Trinajstić information content (AvgIpc) is 3.67. The van der Waals surface area contributed by atoms with Gasteiger partial charge in [-0.15, -0.1) is 11.3 Å². The second-order valence-electron chi connectivity index (χ2n) is 10.8. The molecular formula is C35H41N3O5S. The van der Waals surface area contributed by atoms with E-state index in [1.165, 1.54) is 18.4 Å². The third-order valence-corrected chi connectivity index (χ3v) is 8.86. The smallest absolute Gasteiger partial charge is 0.253 e. The van der Waals surface area contributed by atoms with Gasteiger partial charge in [-0.2, -0.15) is 0 Å². The van der Waals surface area contributed by atoms with Crippen LogP contribution in [0.1, 0.15) is 58.7 Å². The van der Waals surface area contributed by atoms with Gasteiger partial charge < -0.3 is 28.8 Å². The van der Waals surface area contributed by atoms with Crippen LogP contribution in [0.15, 0.2) is 65.6 Å². The normalized spacial score (nSPS) is 12.9. The van der Waals surface area contributed by atoms with Crippen molar-refractivity contribution >= 4 is 17.2 Å². The zero-order valence-corrected chi connectivity index (χ0v) is 26.8. The molecule has 0 unspecified atom stereocenters. The summed E-state index contributed by atoms with van der Waals surface area (Å²) in [6.45, 7) is 3.67. The average molecular weight is 616 g/mol. The number of nitrogens with one attached hydrogen (secondary N) is 1. The Morgan fingerprint density at radius 2 is 1.75 bits per heavy atom. The molecule has 0 saturated heterocycles. The Bertz CT molecular complexity index is 1590. The van der Waals surface area contributed by atoms with Crippen molar-refractivity contribution in [2.24, 2.45) is 0 Å². The van der Waals surface area contributed by atoms with Crippen molar-refractivity contribution < 1.29 is 23.7 Å². The molecule has 0 aliphatic heterocycles. The Morgan fingerprint density at radius 1 is 0.955 bits per heavy atom. The maximum Gasteiger partial charge on any atom is 0.253 e. The highest BCUT2D eigenvalue weighted by Gasteiger charge is 2.21. The molecule has 0 bridgehead atoms. The van der Waals surface area contributed by atoms with Crippen molar-refractivity contribution in [3.8, 4) is 34.4 Å². The molecule has 0 radical (unpaired) electrons. The van der Waals surface area contributed by atoms with Gasteiger partial charge in [0.15, 0.2) is 11.5 Å². The van der Waals surface area contributed by atoms with Gasteiger partial charge in [0.1, 0.15) is 23.1 Å². The number of carbonyl (C=O) groups is 1. The quantitative estimate of drug-likeness (QED) is 0.149. The van der Waals surface area contributed by atoms with Crippen LogP contribution in [-0.4, -0.2) is 43.3 Å². The van der Waals surface area contributed by atoms with Gasteiger partial charge in [0, 0.05) is 24.2 Å². The number of ether oxygens (including phenoxy) is 4. The lowest BCUT2D eigenvalue weighted by Gasteiger charge is -2.14. The van der Waals surface area contributed by atoms with E-state index in [-0.39, 0.29) is 5.91 Å². The van der Waals surface area contributed by atoms with Gasteiger partial charge in [-0.25, -0.2) is 4.98 Å². The first-order valence-electron chi connectivity index (χ1n) is 15.1. The van der Waals surface area contributed by atoms with Crippen LogP contribution in [0.2, 0.25) is 0 Å². The van der Waals surface area contributed by atoms with Crippen molar-refractivity contribution in [1.29, 1.82) is 0 Å². The number of hydrogen-bond acceptors (Lipinski definition) is 7. The summed E-state index contributed by atoms with van der Waals surface area (Å²) in [6.07, 6.45) is 8.78. The van der Waals surface area contributed by atoms with Crippen LogP contribution in [0, 0.1) is 6.92 Å². The second kappa shape index (κ2) is 15.0. The Labute approximate surface area is 263 Å². The highest BCUT2D eigenvalue weighted by atomic mass is 32.1. The molecular weight excluding hydrogens is 574 g/mol. The summed E-state index contributed by atoms with van der Waals surface area (Å²) in [5.41, 5.74) is 5.89. The summed E-state index contributed by atoms with van der Waals surface area (Å²) < 4.78 is 24.3. The van der Waals surface area contributed by atoms with Crippen LogP contribution < -0.4 is 24.3 Å². The number of nitrogens with zero attached hydrogens (tertiary/aromatic N) is 2. The first kappa shape index (κ1) is 31.2. The van der Waals surface area contributed by atoms with Crippen molar-refractivity contribution in [3.05, 3.63) is 87.4 Å². The van der Waals surface area contributed by atoms with E-state index in [9.17, 15) is 4.79 Å². The Morgan fingerprint density at radius 3 is 2.48 bits per heavy atom. The summed E-state index contributed by atoms with van der Waals surface area (Å²) in [5.74, 6) is 2.87. The van der Waals surface area contributed by atoms with E-state index in [0.717, 1.165) is 64.8 Å². The van der Waals surface area contributed by atoms with E-state index in [0.29, 0.717) is 36.8 Å². The van der Waals surface area contributed by atoms with Gasteiger partial charge >= 0.3 is 0 Å². The van der Waals surface area contributed by atoms with Crippen LogP contribution in [0.3, 0.4) is 0 Å². The first-order chi connectivity index (χ1) is 21.5. The van der Waals surface area contributed by atoms with Crippen molar-refractivity contribution in [2.45, 2.75) is 58.6 Å². The lowest BCUT2D eigenvalue weighted by molar-refractivity contribution is 0.0953. The third-order valence-electron chi connectivity index (χ3n) is 8.04. The largest absolute Gasteiger partial charge is 0.497 e. The second-order valence-corrected chi connectivity index (χ2v) is 11.8. The van der Waals surface area contributed by atoms with E-state index in [1.54, 1.807) is 32.7 Å². The van der Waals surface area contributed by atoms with Gasteiger partial charge in [0.05, 0.1) is 38.3 Å². The molecule has 8 nitrogen and oxygen atoms in total. The summed E-state index contributed by atoms with van der Waals surface area (Å²) in [5, 5.41) is 6.05.